The third kappa shape index (κ3) is 5.20. The Hall–Kier alpha value is -4.17. The van der Waals surface area contributed by atoms with Crippen molar-refractivity contribution in [3.05, 3.63) is 106 Å². The Kier molecular flexibility index (Phi) is 6.67. The molecule has 0 radical (unpaired) electrons. The number of halogens is 1. The average molecular weight is 514 g/mol. The number of aromatic nitrogens is 1. The van der Waals surface area contributed by atoms with Gasteiger partial charge >= 0.3 is 0 Å². The molecule has 5 rings (SSSR count). The predicted molar refractivity (Wildman–Crippen MR) is 145 cm³/mol. The Morgan fingerprint density at radius 3 is 2.51 bits per heavy atom. The second-order valence-corrected chi connectivity index (χ2v) is 9.96. The van der Waals surface area contributed by atoms with E-state index in [2.05, 4.69) is 5.32 Å². The number of benzene rings is 3. The third-order valence-corrected chi connectivity index (χ3v) is 7.25. The summed E-state index contributed by atoms with van der Waals surface area (Å²) < 4.78 is 15.3. The van der Waals surface area contributed by atoms with Gasteiger partial charge in [0.1, 0.15) is 12.4 Å². The van der Waals surface area contributed by atoms with E-state index in [1.807, 2.05) is 61.0 Å². The standard InChI is InChI=1S/C29H24FN3O3S/c1-18-7-12-23(13-19(18)2)31-27(34)17-33-28(35)26(37-29(33)36)14-21-16-32(25-6-4-3-5-24(21)25)15-20-8-10-22(30)11-9-20/h3-14,16H,15,17H2,1-2H3,(H,31,34)/b26-14-. The molecule has 0 spiro atoms. The second kappa shape index (κ2) is 10.1. The van der Waals surface area contributed by atoms with Crippen molar-refractivity contribution in [2.24, 2.45) is 0 Å². The first-order valence-corrected chi connectivity index (χ1v) is 12.5. The van der Waals surface area contributed by atoms with Crippen LogP contribution in [0, 0.1) is 19.7 Å². The smallest absolute Gasteiger partial charge is 0.294 e. The van der Waals surface area contributed by atoms with Crippen LogP contribution in [0.3, 0.4) is 0 Å². The topological polar surface area (TPSA) is 71.4 Å². The number of para-hydroxylation sites is 1. The van der Waals surface area contributed by atoms with Gasteiger partial charge < -0.3 is 9.88 Å². The number of anilines is 1. The molecule has 1 aromatic heterocycles. The lowest BCUT2D eigenvalue weighted by Crippen LogP contribution is -2.36. The average Bonchev–Trinajstić information content (AvgIpc) is 3.35. The molecule has 2 heterocycles. The van der Waals surface area contributed by atoms with Crippen molar-refractivity contribution in [3.63, 3.8) is 0 Å². The number of hydrogen-bond acceptors (Lipinski definition) is 4. The van der Waals surface area contributed by atoms with Gasteiger partial charge in [-0.25, -0.2) is 4.39 Å². The van der Waals surface area contributed by atoms with Crippen LogP contribution < -0.4 is 5.32 Å². The molecule has 1 fully saturated rings. The molecule has 0 bridgehead atoms. The number of fused-ring (bicyclic) bond motifs is 1. The van der Waals surface area contributed by atoms with Crippen LogP contribution in [-0.2, 0) is 16.1 Å². The maximum atomic E-state index is 13.3. The van der Waals surface area contributed by atoms with E-state index < -0.39 is 17.1 Å². The molecule has 0 atom stereocenters. The minimum absolute atomic E-state index is 0.258. The summed E-state index contributed by atoms with van der Waals surface area (Å²) in [5.41, 5.74) is 5.42. The number of rotatable bonds is 6. The normalized spacial score (nSPS) is 14.7. The van der Waals surface area contributed by atoms with Gasteiger partial charge in [0, 0.05) is 34.9 Å². The molecule has 1 saturated heterocycles. The summed E-state index contributed by atoms with van der Waals surface area (Å²) in [6.07, 6.45) is 3.60. The van der Waals surface area contributed by atoms with Gasteiger partial charge in [-0.15, -0.1) is 0 Å². The number of amides is 3. The lowest BCUT2D eigenvalue weighted by molar-refractivity contribution is -0.127. The highest BCUT2D eigenvalue weighted by molar-refractivity contribution is 8.18. The molecule has 0 saturated carbocycles. The van der Waals surface area contributed by atoms with Crippen LogP contribution >= 0.6 is 11.8 Å². The summed E-state index contributed by atoms with van der Waals surface area (Å²) in [6.45, 7) is 4.09. The molecular formula is C29H24FN3O3S. The maximum absolute atomic E-state index is 13.3. The lowest BCUT2D eigenvalue weighted by atomic mass is 10.1. The van der Waals surface area contributed by atoms with Crippen LogP contribution in [0.15, 0.2) is 77.8 Å². The molecule has 4 aromatic rings. The third-order valence-electron chi connectivity index (χ3n) is 6.34. The molecule has 8 heteroatoms. The molecular weight excluding hydrogens is 489 g/mol. The number of carbonyl (C=O) groups is 3. The summed E-state index contributed by atoms with van der Waals surface area (Å²) in [4.78, 5) is 39.5. The Labute approximate surface area is 217 Å². The molecule has 1 aliphatic rings. The fourth-order valence-corrected chi connectivity index (χ4v) is 5.08. The molecule has 0 unspecified atom stereocenters. The molecule has 1 aliphatic heterocycles. The number of nitrogens with zero attached hydrogens (tertiary/aromatic N) is 2. The fourth-order valence-electron chi connectivity index (χ4n) is 4.25. The van der Waals surface area contributed by atoms with E-state index in [0.717, 1.165) is 49.8 Å². The lowest BCUT2D eigenvalue weighted by Gasteiger charge is -2.13. The van der Waals surface area contributed by atoms with Crippen molar-refractivity contribution in [2.75, 3.05) is 11.9 Å². The number of hydrogen-bond donors (Lipinski definition) is 1. The molecule has 0 aliphatic carbocycles. The number of nitrogens with one attached hydrogen (secondary N) is 1. The van der Waals surface area contributed by atoms with E-state index in [9.17, 15) is 18.8 Å². The van der Waals surface area contributed by atoms with E-state index >= 15 is 0 Å². The monoisotopic (exact) mass is 513 g/mol. The first kappa shape index (κ1) is 24.5. The minimum atomic E-state index is -0.499. The van der Waals surface area contributed by atoms with E-state index in [1.165, 1.54) is 12.1 Å². The van der Waals surface area contributed by atoms with Gasteiger partial charge in [-0.1, -0.05) is 36.4 Å². The Morgan fingerprint density at radius 2 is 1.76 bits per heavy atom. The molecule has 3 aromatic carbocycles. The van der Waals surface area contributed by atoms with Crippen LogP contribution in [-0.4, -0.2) is 33.1 Å². The highest BCUT2D eigenvalue weighted by Crippen LogP contribution is 2.34. The predicted octanol–water partition coefficient (Wildman–Crippen LogP) is 6.12. The van der Waals surface area contributed by atoms with E-state index in [-0.39, 0.29) is 17.3 Å². The summed E-state index contributed by atoms with van der Waals surface area (Å²) in [6, 6.07) is 19.6. The second-order valence-electron chi connectivity index (χ2n) is 8.97. The number of thioether (sulfide) groups is 1. The first-order chi connectivity index (χ1) is 17.8. The molecule has 6 nitrogen and oxygen atoms in total. The van der Waals surface area contributed by atoms with Crippen molar-refractivity contribution in [1.82, 2.24) is 9.47 Å². The van der Waals surface area contributed by atoms with Crippen LogP contribution in [0.25, 0.3) is 17.0 Å². The zero-order valence-corrected chi connectivity index (χ0v) is 21.1. The van der Waals surface area contributed by atoms with Gasteiger partial charge in [-0.3, -0.25) is 19.3 Å². The summed E-state index contributed by atoms with van der Waals surface area (Å²) in [5.74, 6) is -1.23. The van der Waals surface area contributed by atoms with Gasteiger partial charge in [0.15, 0.2) is 0 Å². The first-order valence-electron chi connectivity index (χ1n) is 11.7. The van der Waals surface area contributed by atoms with Gasteiger partial charge in [0.05, 0.1) is 4.91 Å². The summed E-state index contributed by atoms with van der Waals surface area (Å²) >= 11 is 0.820. The largest absolute Gasteiger partial charge is 0.342 e. The van der Waals surface area contributed by atoms with Crippen molar-refractivity contribution >= 4 is 51.5 Å². The van der Waals surface area contributed by atoms with Crippen molar-refractivity contribution in [1.29, 1.82) is 0 Å². The SMILES string of the molecule is Cc1ccc(NC(=O)CN2C(=O)S/C(=C\c3cn(Cc4ccc(F)cc4)c4ccccc34)C2=O)cc1C. The van der Waals surface area contributed by atoms with Crippen LogP contribution in [0.4, 0.5) is 14.9 Å². The van der Waals surface area contributed by atoms with Crippen molar-refractivity contribution in [3.8, 4) is 0 Å². The zero-order chi connectivity index (χ0) is 26.1. The van der Waals surface area contributed by atoms with Gasteiger partial charge in [-0.05, 0) is 78.7 Å². The number of aryl methyl sites for hydroxylation is 2. The highest BCUT2D eigenvalue weighted by Gasteiger charge is 2.36. The van der Waals surface area contributed by atoms with Crippen LogP contribution in [0.5, 0.6) is 0 Å². The Morgan fingerprint density at radius 1 is 1.00 bits per heavy atom. The van der Waals surface area contributed by atoms with Crippen molar-refractivity contribution < 1.29 is 18.8 Å². The van der Waals surface area contributed by atoms with Crippen molar-refractivity contribution in [2.45, 2.75) is 20.4 Å². The maximum Gasteiger partial charge on any atom is 0.294 e. The summed E-state index contributed by atoms with van der Waals surface area (Å²) in [7, 11) is 0. The van der Waals surface area contributed by atoms with Gasteiger partial charge in [-0.2, -0.15) is 0 Å². The van der Waals surface area contributed by atoms with Crippen LogP contribution in [0.1, 0.15) is 22.3 Å². The number of carbonyl (C=O) groups excluding carboxylic acids is 3. The quantitative estimate of drug-likeness (QED) is 0.315. The minimum Gasteiger partial charge on any atom is -0.342 e. The molecule has 1 N–H and O–H groups in total. The Bertz CT molecular complexity index is 1570. The molecule has 3 amide bonds. The van der Waals surface area contributed by atoms with E-state index in [4.69, 9.17) is 0 Å². The fraction of sp³-hybridized carbons (Fsp3) is 0.138. The van der Waals surface area contributed by atoms with Gasteiger partial charge in [0.25, 0.3) is 11.1 Å². The zero-order valence-electron chi connectivity index (χ0n) is 20.3. The number of imide groups is 1. The highest BCUT2D eigenvalue weighted by atomic mass is 32.2. The molecule has 37 heavy (non-hydrogen) atoms. The van der Waals surface area contributed by atoms with E-state index in [1.54, 1.807) is 24.3 Å². The summed E-state index contributed by atoms with van der Waals surface area (Å²) in [5, 5.41) is 3.19. The van der Waals surface area contributed by atoms with Gasteiger partial charge in [0.2, 0.25) is 5.91 Å². The van der Waals surface area contributed by atoms with E-state index in [0.29, 0.717) is 12.2 Å². The molecule has 186 valence electrons. The Balaban J connectivity index is 1.36. The van der Waals surface area contributed by atoms with Crippen LogP contribution in [0.2, 0.25) is 0 Å².